The van der Waals surface area contributed by atoms with E-state index in [0.29, 0.717) is 58.1 Å². The maximum atomic E-state index is 13.1. The number of fused-ring (bicyclic) bond motifs is 1. The summed E-state index contributed by atoms with van der Waals surface area (Å²) >= 11 is 5.99. The molecule has 2 heterocycles. The Balaban J connectivity index is 1.71. The monoisotopic (exact) mass is 475 g/mol. The largest absolute Gasteiger partial charge is 0.490 e. The molecule has 32 heavy (non-hydrogen) atoms. The van der Waals surface area contributed by atoms with Gasteiger partial charge in [-0.2, -0.15) is 5.10 Å². The first-order chi connectivity index (χ1) is 15.3. The zero-order valence-corrected chi connectivity index (χ0v) is 19.2. The van der Waals surface area contributed by atoms with E-state index in [2.05, 4.69) is 10.4 Å². The summed E-state index contributed by atoms with van der Waals surface area (Å²) < 4.78 is 37.0. The summed E-state index contributed by atoms with van der Waals surface area (Å²) in [5, 5.41) is 7.86. The Morgan fingerprint density at radius 3 is 2.44 bits per heavy atom. The summed E-state index contributed by atoms with van der Waals surface area (Å²) in [5.41, 5.74) is 1.91. The van der Waals surface area contributed by atoms with Gasteiger partial charge in [-0.05, 0) is 56.3 Å². The zero-order chi connectivity index (χ0) is 22.9. The number of rotatable bonds is 7. The van der Waals surface area contributed by atoms with Crippen LogP contribution in [-0.4, -0.2) is 37.3 Å². The molecule has 0 unspecified atom stereocenters. The van der Waals surface area contributed by atoms with Crippen molar-refractivity contribution >= 4 is 33.2 Å². The lowest BCUT2D eigenvalue weighted by atomic mass is 10.1. The molecule has 1 amide bonds. The average molecular weight is 476 g/mol. The highest BCUT2D eigenvalue weighted by molar-refractivity contribution is 7.90. The average Bonchev–Trinajstić information content (AvgIpc) is 3.22. The van der Waals surface area contributed by atoms with Crippen LogP contribution in [-0.2, 0) is 21.3 Å². The molecule has 1 aromatic heterocycles. The number of hydrogen-bond donors (Lipinski definition) is 1. The molecule has 168 valence electrons. The molecule has 0 bridgehead atoms. The lowest BCUT2D eigenvalue weighted by molar-refractivity contribution is 0.102. The van der Waals surface area contributed by atoms with E-state index < -0.39 is 15.7 Å². The van der Waals surface area contributed by atoms with Crippen molar-refractivity contribution in [3.8, 4) is 17.2 Å². The number of nitrogens with one attached hydrogen (secondary N) is 1. The zero-order valence-electron chi connectivity index (χ0n) is 17.6. The standard InChI is InChI=1S/C22H22ClN3O5S/c1-3-30-19-10-5-14(11-20(19)31-4-2)22(27)24-21-17-12-32(28,29)13-18(17)25-26(21)16-8-6-15(23)7-9-16/h5-11H,3-4,12-13H2,1-2H3,(H,24,27). The number of carbonyl (C=O) groups excluding carboxylic acids is 1. The van der Waals surface area contributed by atoms with Crippen LogP contribution in [0.3, 0.4) is 0 Å². The first-order valence-corrected chi connectivity index (χ1v) is 12.3. The van der Waals surface area contributed by atoms with Crippen LogP contribution < -0.4 is 14.8 Å². The second-order valence-electron chi connectivity index (χ2n) is 7.18. The topological polar surface area (TPSA) is 99.5 Å². The van der Waals surface area contributed by atoms with Crippen molar-refractivity contribution in [2.24, 2.45) is 0 Å². The molecule has 1 aliphatic rings. The van der Waals surface area contributed by atoms with Gasteiger partial charge in [0.15, 0.2) is 21.3 Å². The summed E-state index contributed by atoms with van der Waals surface area (Å²) in [6, 6.07) is 11.8. The SMILES string of the molecule is CCOc1ccc(C(=O)Nc2c3c(nn2-c2ccc(Cl)cc2)CS(=O)(=O)C3)cc1OCC. The molecule has 0 aliphatic carbocycles. The molecular weight excluding hydrogens is 454 g/mol. The lowest BCUT2D eigenvalue weighted by Crippen LogP contribution is -2.17. The van der Waals surface area contributed by atoms with E-state index in [-0.39, 0.29) is 11.5 Å². The fourth-order valence-electron chi connectivity index (χ4n) is 3.51. The Bertz CT molecular complexity index is 1270. The highest BCUT2D eigenvalue weighted by Gasteiger charge is 2.33. The minimum absolute atomic E-state index is 0.163. The third-order valence-corrected chi connectivity index (χ3v) is 6.59. The van der Waals surface area contributed by atoms with Crippen LogP contribution in [0.2, 0.25) is 5.02 Å². The molecule has 0 atom stereocenters. The third kappa shape index (κ3) is 4.44. The molecule has 0 spiro atoms. The van der Waals surface area contributed by atoms with Crippen LogP contribution in [0.5, 0.6) is 11.5 Å². The van der Waals surface area contributed by atoms with Crippen molar-refractivity contribution in [2.75, 3.05) is 18.5 Å². The van der Waals surface area contributed by atoms with E-state index >= 15 is 0 Å². The van der Waals surface area contributed by atoms with Gasteiger partial charge in [0.25, 0.3) is 5.91 Å². The minimum atomic E-state index is -3.30. The van der Waals surface area contributed by atoms with Crippen LogP contribution in [0.1, 0.15) is 35.5 Å². The molecule has 4 rings (SSSR count). The molecule has 10 heteroatoms. The minimum Gasteiger partial charge on any atom is -0.490 e. The van der Waals surface area contributed by atoms with Gasteiger partial charge in [0.1, 0.15) is 5.82 Å². The van der Waals surface area contributed by atoms with Gasteiger partial charge in [0, 0.05) is 16.1 Å². The molecule has 1 N–H and O–H groups in total. The van der Waals surface area contributed by atoms with Gasteiger partial charge >= 0.3 is 0 Å². The van der Waals surface area contributed by atoms with Crippen LogP contribution in [0.25, 0.3) is 5.69 Å². The fourth-order valence-corrected chi connectivity index (χ4v) is 5.13. The van der Waals surface area contributed by atoms with E-state index in [4.69, 9.17) is 21.1 Å². The maximum absolute atomic E-state index is 13.1. The van der Waals surface area contributed by atoms with Gasteiger partial charge in [-0.25, -0.2) is 13.1 Å². The molecule has 0 saturated carbocycles. The highest BCUT2D eigenvalue weighted by atomic mass is 35.5. The molecule has 1 aliphatic heterocycles. The number of benzene rings is 2. The Morgan fingerprint density at radius 1 is 1.06 bits per heavy atom. The van der Waals surface area contributed by atoms with Crippen LogP contribution in [0.4, 0.5) is 5.82 Å². The predicted octanol–water partition coefficient (Wildman–Crippen LogP) is 4.00. The van der Waals surface area contributed by atoms with E-state index in [0.717, 1.165) is 0 Å². The van der Waals surface area contributed by atoms with Crippen LogP contribution in [0.15, 0.2) is 42.5 Å². The lowest BCUT2D eigenvalue weighted by Gasteiger charge is -2.14. The van der Waals surface area contributed by atoms with Crippen molar-refractivity contribution in [1.29, 1.82) is 0 Å². The second-order valence-corrected chi connectivity index (χ2v) is 9.68. The number of aromatic nitrogens is 2. The van der Waals surface area contributed by atoms with Crippen LogP contribution in [0, 0.1) is 0 Å². The molecule has 3 aromatic rings. The van der Waals surface area contributed by atoms with Gasteiger partial charge in [0.2, 0.25) is 0 Å². The van der Waals surface area contributed by atoms with Crippen molar-refractivity contribution in [3.05, 3.63) is 64.3 Å². The first-order valence-electron chi connectivity index (χ1n) is 10.1. The Morgan fingerprint density at radius 2 is 1.75 bits per heavy atom. The third-order valence-electron chi connectivity index (χ3n) is 4.90. The van der Waals surface area contributed by atoms with E-state index in [1.165, 1.54) is 4.68 Å². The Hall–Kier alpha value is -3.04. The molecule has 0 fully saturated rings. The molecular formula is C22H22ClN3O5S. The number of nitrogens with zero attached hydrogens (tertiary/aromatic N) is 2. The van der Waals surface area contributed by atoms with Gasteiger partial charge in [-0.1, -0.05) is 11.6 Å². The smallest absolute Gasteiger partial charge is 0.256 e. The molecule has 8 nitrogen and oxygen atoms in total. The number of halogens is 1. The number of ether oxygens (including phenoxy) is 2. The number of anilines is 1. The van der Waals surface area contributed by atoms with Crippen LogP contribution >= 0.6 is 11.6 Å². The first kappa shape index (κ1) is 22.2. The van der Waals surface area contributed by atoms with Gasteiger partial charge in [-0.15, -0.1) is 0 Å². The maximum Gasteiger partial charge on any atom is 0.256 e. The van der Waals surface area contributed by atoms with Crippen molar-refractivity contribution in [3.63, 3.8) is 0 Å². The van der Waals surface area contributed by atoms with Crippen molar-refractivity contribution in [2.45, 2.75) is 25.4 Å². The quantitative estimate of drug-likeness (QED) is 0.554. The second kappa shape index (κ2) is 8.84. The number of sulfone groups is 1. The van der Waals surface area contributed by atoms with E-state index in [1.807, 2.05) is 13.8 Å². The Kier molecular flexibility index (Phi) is 6.12. The van der Waals surface area contributed by atoms with E-state index in [1.54, 1.807) is 42.5 Å². The molecule has 0 saturated heterocycles. The number of amides is 1. The summed E-state index contributed by atoms with van der Waals surface area (Å²) in [5.74, 6) is 0.559. The van der Waals surface area contributed by atoms with Gasteiger partial charge < -0.3 is 14.8 Å². The van der Waals surface area contributed by atoms with Crippen molar-refractivity contribution in [1.82, 2.24) is 9.78 Å². The predicted molar refractivity (Wildman–Crippen MR) is 122 cm³/mol. The van der Waals surface area contributed by atoms with Gasteiger partial charge in [-0.3, -0.25) is 4.79 Å². The van der Waals surface area contributed by atoms with Gasteiger partial charge in [0.05, 0.1) is 36.1 Å². The summed E-state index contributed by atoms with van der Waals surface area (Å²) in [6.07, 6.45) is 0. The summed E-state index contributed by atoms with van der Waals surface area (Å²) in [6.45, 7) is 4.59. The molecule has 0 radical (unpaired) electrons. The normalized spacial score (nSPS) is 14.1. The summed E-state index contributed by atoms with van der Waals surface area (Å²) in [4.78, 5) is 13.1. The number of carbonyl (C=O) groups is 1. The van der Waals surface area contributed by atoms with Crippen molar-refractivity contribution < 1.29 is 22.7 Å². The fraction of sp³-hybridized carbons (Fsp3) is 0.273. The molecule has 2 aromatic carbocycles. The highest BCUT2D eigenvalue weighted by Crippen LogP contribution is 2.34. The van der Waals surface area contributed by atoms with E-state index in [9.17, 15) is 13.2 Å². The summed E-state index contributed by atoms with van der Waals surface area (Å²) in [7, 11) is -3.30. The Labute approximate surface area is 191 Å². The number of hydrogen-bond acceptors (Lipinski definition) is 6.